The molecule has 1 N–H and O–H groups in total. The van der Waals surface area contributed by atoms with Crippen molar-refractivity contribution >= 4 is 17.3 Å². The van der Waals surface area contributed by atoms with Gasteiger partial charge in [0.2, 0.25) is 5.91 Å². The molecule has 3 rings (SSSR count). The predicted octanol–water partition coefficient (Wildman–Crippen LogP) is 3.34. The molecule has 4 nitrogen and oxygen atoms in total. The third-order valence-electron chi connectivity index (χ3n) is 4.25. The van der Waals surface area contributed by atoms with E-state index >= 15 is 0 Å². The van der Waals surface area contributed by atoms with Crippen molar-refractivity contribution in [2.75, 3.05) is 16.8 Å². The zero-order chi connectivity index (χ0) is 16.2. The average molecular weight is 305 g/mol. The Morgan fingerprint density at radius 2 is 2.13 bits per heavy atom. The number of para-hydroxylation sites is 1. The third-order valence-corrected chi connectivity index (χ3v) is 4.25. The second kappa shape index (κ2) is 6.53. The van der Waals surface area contributed by atoms with Gasteiger partial charge in [0, 0.05) is 17.4 Å². The minimum absolute atomic E-state index is 0.0661. The van der Waals surface area contributed by atoms with Gasteiger partial charge in [0.15, 0.2) is 0 Å². The number of hydrogen-bond donors (Lipinski definition) is 1. The van der Waals surface area contributed by atoms with Crippen molar-refractivity contribution in [2.24, 2.45) is 0 Å². The third kappa shape index (κ3) is 3.35. The molecule has 0 saturated heterocycles. The summed E-state index contributed by atoms with van der Waals surface area (Å²) in [5.74, 6) is -0.0661. The Bertz CT molecular complexity index is 763. The van der Waals surface area contributed by atoms with Crippen LogP contribution in [0.25, 0.3) is 0 Å². The number of aryl methyl sites for hydroxylation is 1. The second-order valence-electron chi connectivity index (χ2n) is 5.89. The molecule has 0 saturated carbocycles. The maximum atomic E-state index is 12.4. The van der Waals surface area contributed by atoms with Crippen LogP contribution in [0.5, 0.6) is 0 Å². The summed E-state index contributed by atoms with van der Waals surface area (Å²) >= 11 is 0. The summed E-state index contributed by atoms with van der Waals surface area (Å²) in [6, 6.07) is 17.6. The molecule has 23 heavy (non-hydrogen) atoms. The highest BCUT2D eigenvalue weighted by Crippen LogP contribution is 2.30. The van der Waals surface area contributed by atoms with Crippen molar-refractivity contribution in [1.29, 1.82) is 5.26 Å². The zero-order valence-electron chi connectivity index (χ0n) is 13.1. The van der Waals surface area contributed by atoms with E-state index in [0.29, 0.717) is 23.8 Å². The van der Waals surface area contributed by atoms with Crippen LogP contribution in [-0.4, -0.2) is 18.5 Å². The van der Waals surface area contributed by atoms with Crippen molar-refractivity contribution in [2.45, 2.75) is 25.8 Å². The number of fused-ring (bicyclic) bond motifs is 1. The van der Waals surface area contributed by atoms with E-state index in [-0.39, 0.29) is 5.91 Å². The Labute approximate surface area is 136 Å². The summed E-state index contributed by atoms with van der Waals surface area (Å²) in [4.78, 5) is 14.6. The monoisotopic (exact) mass is 305 g/mol. The van der Waals surface area contributed by atoms with Crippen LogP contribution in [0.3, 0.4) is 0 Å². The lowest BCUT2D eigenvalue weighted by Gasteiger charge is -2.36. The van der Waals surface area contributed by atoms with E-state index < -0.39 is 0 Å². The van der Waals surface area contributed by atoms with Crippen LogP contribution < -0.4 is 10.2 Å². The van der Waals surface area contributed by atoms with Gasteiger partial charge < -0.3 is 10.2 Å². The molecule has 0 radical (unpaired) electrons. The molecule has 0 unspecified atom stereocenters. The van der Waals surface area contributed by atoms with Crippen LogP contribution in [-0.2, 0) is 11.2 Å². The number of carbonyl (C=O) groups excluding carboxylic acids is 1. The number of benzene rings is 2. The molecular weight excluding hydrogens is 286 g/mol. The Morgan fingerprint density at radius 1 is 1.30 bits per heavy atom. The maximum Gasteiger partial charge on any atom is 0.243 e. The van der Waals surface area contributed by atoms with Gasteiger partial charge in [0.25, 0.3) is 0 Å². The van der Waals surface area contributed by atoms with Crippen LogP contribution in [0.4, 0.5) is 11.4 Å². The maximum absolute atomic E-state index is 12.4. The summed E-state index contributed by atoms with van der Waals surface area (Å²) in [6.45, 7) is 2.47. The van der Waals surface area contributed by atoms with Gasteiger partial charge in [-0.3, -0.25) is 4.79 Å². The minimum atomic E-state index is -0.0661. The van der Waals surface area contributed by atoms with Gasteiger partial charge in [-0.05, 0) is 49.6 Å². The van der Waals surface area contributed by atoms with E-state index in [0.717, 1.165) is 18.5 Å². The molecule has 0 bridgehead atoms. The molecule has 4 heteroatoms. The molecule has 0 spiro atoms. The standard InChI is InChI=1S/C19H19N3O/c1-14-9-10-16-6-2-3-8-18(16)22(14)13-19(23)21-17-7-4-5-15(11-17)12-20/h2-8,11,14H,9-10,13H2,1H3,(H,21,23)/t14-/m1/s1. The largest absolute Gasteiger partial charge is 0.359 e. The number of carbonyl (C=O) groups is 1. The van der Waals surface area contributed by atoms with Crippen LogP contribution in [0, 0.1) is 11.3 Å². The lowest BCUT2D eigenvalue weighted by molar-refractivity contribution is -0.115. The van der Waals surface area contributed by atoms with Crippen molar-refractivity contribution in [3.05, 3.63) is 59.7 Å². The smallest absolute Gasteiger partial charge is 0.243 e. The van der Waals surface area contributed by atoms with Gasteiger partial charge in [-0.2, -0.15) is 5.26 Å². The SMILES string of the molecule is C[C@@H]1CCc2ccccc2N1CC(=O)Nc1cccc(C#N)c1. The molecule has 1 aliphatic heterocycles. The van der Waals surface area contributed by atoms with Crippen LogP contribution in [0.1, 0.15) is 24.5 Å². The fourth-order valence-corrected chi connectivity index (χ4v) is 3.02. The molecule has 1 amide bonds. The molecule has 0 aromatic heterocycles. The first-order valence-corrected chi connectivity index (χ1v) is 7.82. The topological polar surface area (TPSA) is 56.1 Å². The fourth-order valence-electron chi connectivity index (χ4n) is 3.02. The highest BCUT2D eigenvalue weighted by Gasteiger charge is 2.24. The van der Waals surface area contributed by atoms with E-state index in [1.165, 1.54) is 5.56 Å². The van der Waals surface area contributed by atoms with E-state index in [4.69, 9.17) is 5.26 Å². The molecule has 116 valence electrons. The number of nitrogens with zero attached hydrogens (tertiary/aromatic N) is 2. The lowest BCUT2D eigenvalue weighted by Crippen LogP contribution is -2.42. The van der Waals surface area contributed by atoms with E-state index in [1.807, 2.05) is 12.1 Å². The first kappa shape index (κ1) is 15.1. The Morgan fingerprint density at radius 3 is 2.96 bits per heavy atom. The molecule has 2 aromatic rings. The van der Waals surface area contributed by atoms with Crippen molar-refractivity contribution < 1.29 is 4.79 Å². The van der Waals surface area contributed by atoms with E-state index in [2.05, 4.69) is 35.3 Å². The van der Waals surface area contributed by atoms with E-state index in [9.17, 15) is 4.79 Å². The van der Waals surface area contributed by atoms with Gasteiger partial charge in [-0.25, -0.2) is 0 Å². The van der Waals surface area contributed by atoms with Crippen LogP contribution in [0.15, 0.2) is 48.5 Å². The number of nitrogens with one attached hydrogen (secondary N) is 1. The Kier molecular flexibility index (Phi) is 4.29. The normalized spacial score (nSPS) is 16.3. The van der Waals surface area contributed by atoms with Gasteiger partial charge in [0.1, 0.15) is 0 Å². The summed E-state index contributed by atoms with van der Waals surface area (Å²) in [7, 11) is 0. The number of amides is 1. The van der Waals surface area contributed by atoms with Gasteiger partial charge in [-0.15, -0.1) is 0 Å². The zero-order valence-corrected chi connectivity index (χ0v) is 13.1. The van der Waals surface area contributed by atoms with Crippen molar-refractivity contribution in [1.82, 2.24) is 0 Å². The molecule has 1 atom stereocenters. The lowest BCUT2D eigenvalue weighted by atomic mass is 9.96. The van der Waals surface area contributed by atoms with Gasteiger partial charge in [-0.1, -0.05) is 24.3 Å². The molecule has 1 aliphatic rings. The number of anilines is 2. The Balaban J connectivity index is 1.74. The summed E-state index contributed by atoms with van der Waals surface area (Å²) in [5, 5.41) is 11.8. The molecular formula is C19H19N3O. The number of rotatable bonds is 3. The quantitative estimate of drug-likeness (QED) is 0.946. The van der Waals surface area contributed by atoms with Crippen molar-refractivity contribution in [3.8, 4) is 6.07 Å². The van der Waals surface area contributed by atoms with E-state index in [1.54, 1.807) is 24.3 Å². The first-order valence-electron chi connectivity index (χ1n) is 7.82. The summed E-state index contributed by atoms with van der Waals surface area (Å²) in [6.07, 6.45) is 2.11. The van der Waals surface area contributed by atoms with Gasteiger partial charge in [0.05, 0.1) is 18.2 Å². The van der Waals surface area contributed by atoms with Crippen molar-refractivity contribution in [3.63, 3.8) is 0 Å². The highest BCUT2D eigenvalue weighted by atomic mass is 16.2. The summed E-state index contributed by atoms with van der Waals surface area (Å²) in [5.41, 5.74) is 3.64. The summed E-state index contributed by atoms with van der Waals surface area (Å²) < 4.78 is 0. The second-order valence-corrected chi connectivity index (χ2v) is 5.89. The molecule has 1 heterocycles. The average Bonchev–Trinajstić information content (AvgIpc) is 2.57. The predicted molar refractivity (Wildman–Crippen MR) is 91.4 cm³/mol. The molecule has 0 aliphatic carbocycles. The number of nitriles is 1. The van der Waals surface area contributed by atoms with Crippen LogP contribution in [0.2, 0.25) is 0 Å². The minimum Gasteiger partial charge on any atom is -0.359 e. The van der Waals surface area contributed by atoms with Crippen LogP contribution >= 0.6 is 0 Å². The molecule has 2 aromatic carbocycles. The fraction of sp³-hybridized carbons (Fsp3) is 0.263. The molecule has 0 fully saturated rings. The highest BCUT2D eigenvalue weighted by molar-refractivity contribution is 5.94. The number of hydrogen-bond acceptors (Lipinski definition) is 3. The first-order chi connectivity index (χ1) is 11.2. The van der Waals surface area contributed by atoms with Gasteiger partial charge >= 0.3 is 0 Å². The Hall–Kier alpha value is -2.80.